The SMILES string of the molecule is Cc1nc([C@H]2CCCN2C(=O)CC2(O)CCCCC2)nc2c1CCCN2Cc1ccccn1. The lowest BCUT2D eigenvalue weighted by Gasteiger charge is -2.35. The minimum Gasteiger partial charge on any atom is -0.389 e. The van der Waals surface area contributed by atoms with Crippen molar-refractivity contribution in [3.63, 3.8) is 0 Å². The zero-order valence-electron chi connectivity index (χ0n) is 19.7. The monoisotopic (exact) mass is 449 g/mol. The highest BCUT2D eigenvalue weighted by Gasteiger charge is 2.38. The van der Waals surface area contributed by atoms with Crippen molar-refractivity contribution in [2.24, 2.45) is 0 Å². The summed E-state index contributed by atoms with van der Waals surface area (Å²) in [5.41, 5.74) is 2.43. The Morgan fingerprint density at radius 1 is 1.12 bits per heavy atom. The average Bonchev–Trinajstić information content (AvgIpc) is 3.31. The van der Waals surface area contributed by atoms with Gasteiger partial charge in [0.2, 0.25) is 5.91 Å². The molecule has 7 heteroatoms. The number of nitrogens with zero attached hydrogens (tertiary/aromatic N) is 5. The number of carbonyl (C=O) groups excluding carboxylic acids is 1. The summed E-state index contributed by atoms with van der Waals surface area (Å²) in [5, 5.41) is 10.9. The first-order valence-corrected chi connectivity index (χ1v) is 12.6. The fourth-order valence-corrected chi connectivity index (χ4v) is 5.80. The molecule has 2 aromatic heterocycles. The highest BCUT2D eigenvalue weighted by Crippen LogP contribution is 2.37. The van der Waals surface area contributed by atoms with Gasteiger partial charge >= 0.3 is 0 Å². The number of rotatable bonds is 5. The van der Waals surface area contributed by atoms with E-state index in [1.807, 2.05) is 23.2 Å². The zero-order chi connectivity index (χ0) is 22.8. The molecule has 1 saturated carbocycles. The number of aryl methyl sites for hydroxylation is 1. The van der Waals surface area contributed by atoms with Crippen LogP contribution >= 0.6 is 0 Å². The van der Waals surface area contributed by atoms with Crippen LogP contribution in [0.4, 0.5) is 5.82 Å². The average molecular weight is 450 g/mol. The maximum absolute atomic E-state index is 13.3. The molecule has 1 atom stereocenters. The van der Waals surface area contributed by atoms with Gasteiger partial charge in [-0.3, -0.25) is 9.78 Å². The van der Waals surface area contributed by atoms with Crippen LogP contribution in [0.25, 0.3) is 0 Å². The van der Waals surface area contributed by atoms with Gasteiger partial charge in [-0.25, -0.2) is 9.97 Å². The van der Waals surface area contributed by atoms with Crippen molar-refractivity contribution in [3.05, 3.63) is 47.2 Å². The molecule has 4 heterocycles. The maximum Gasteiger partial charge on any atom is 0.226 e. The van der Waals surface area contributed by atoms with Crippen molar-refractivity contribution >= 4 is 11.7 Å². The third kappa shape index (κ3) is 4.74. The second kappa shape index (κ2) is 9.37. The van der Waals surface area contributed by atoms with Crippen LogP contribution in [0.15, 0.2) is 24.4 Å². The van der Waals surface area contributed by atoms with Crippen molar-refractivity contribution in [2.75, 3.05) is 18.0 Å². The second-order valence-electron chi connectivity index (χ2n) is 10.0. The Bertz CT molecular complexity index is 990. The first kappa shape index (κ1) is 22.3. The summed E-state index contributed by atoms with van der Waals surface area (Å²) in [6.07, 6.45) is 10.6. The fourth-order valence-electron chi connectivity index (χ4n) is 5.80. The van der Waals surface area contributed by atoms with Crippen molar-refractivity contribution in [2.45, 2.75) is 89.3 Å². The Balaban J connectivity index is 1.39. The number of likely N-dealkylation sites (tertiary alicyclic amines) is 1. The number of anilines is 1. The van der Waals surface area contributed by atoms with E-state index >= 15 is 0 Å². The van der Waals surface area contributed by atoms with E-state index in [1.165, 1.54) is 5.56 Å². The molecule has 176 valence electrons. The summed E-state index contributed by atoms with van der Waals surface area (Å²) >= 11 is 0. The van der Waals surface area contributed by atoms with Crippen LogP contribution in [0.2, 0.25) is 0 Å². The molecule has 5 rings (SSSR count). The molecule has 1 saturated heterocycles. The predicted molar refractivity (Wildman–Crippen MR) is 127 cm³/mol. The van der Waals surface area contributed by atoms with Crippen LogP contribution in [-0.4, -0.2) is 49.6 Å². The van der Waals surface area contributed by atoms with Gasteiger partial charge in [-0.05, 0) is 57.6 Å². The predicted octanol–water partition coefficient (Wildman–Crippen LogP) is 3.88. The Morgan fingerprint density at radius 2 is 1.97 bits per heavy atom. The minimum atomic E-state index is -0.839. The molecular formula is C26H35N5O2. The molecule has 0 aromatic carbocycles. The number of hydrogen-bond donors (Lipinski definition) is 1. The summed E-state index contributed by atoms with van der Waals surface area (Å²) in [4.78, 5) is 32.0. The van der Waals surface area contributed by atoms with Crippen molar-refractivity contribution in [3.8, 4) is 0 Å². The molecule has 2 aromatic rings. The summed E-state index contributed by atoms with van der Waals surface area (Å²) in [6, 6.07) is 5.91. The van der Waals surface area contributed by atoms with E-state index in [0.717, 1.165) is 100 Å². The molecule has 0 bridgehead atoms. The molecule has 3 aliphatic rings. The molecule has 7 nitrogen and oxygen atoms in total. The first-order valence-electron chi connectivity index (χ1n) is 12.6. The molecule has 1 N–H and O–H groups in total. The highest BCUT2D eigenvalue weighted by molar-refractivity contribution is 5.78. The van der Waals surface area contributed by atoms with Crippen LogP contribution in [0.1, 0.15) is 86.6 Å². The van der Waals surface area contributed by atoms with Gasteiger partial charge in [-0.2, -0.15) is 0 Å². The molecule has 1 amide bonds. The number of hydrogen-bond acceptors (Lipinski definition) is 6. The molecule has 2 fully saturated rings. The van der Waals surface area contributed by atoms with Crippen LogP contribution in [-0.2, 0) is 17.8 Å². The smallest absolute Gasteiger partial charge is 0.226 e. The lowest BCUT2D eigenvalue weighted by molar-refractivity contribution is -0.138. The fraction of sp³-hybridized carbons (Fsp3) is 0.615. The van der Waals surface area contributed by atoms with Gasteiger partial charge in [-0.1, -0.05) is 25.3 Å². The van der Waals surface area contributed by atoms with Gasteiger partial charge in [0.25, 0.3) is 0 Å². The Labute approximate surface area is 196 Å². The van der Waals surface area contributed by atoms with Gasteiger partial charge in [0, 0.05) is 30.5 Å². The summed E-state index contributed by atoms with van der Waals surface area (Å²) in [7, 11) is 0. The number of fused-ring (bicyclic) bond motifs is 1. The van der Waals surface area contributed by atoms with Crippen LogP contribution in [0, 0.1) is 6.92 Å². The topological polar surface area (TPSA) is 82.5 Å². The minimum absolute atomic E-state index is 0.0474. The molecule has 0 spiro atoms. The van der Waals surface area contributed by atoms with Crippen molar-refractivity contribution < 1.29 is 9.90 Å². The number of carbonyl (C=O) groups is 1. The molecule has 2 aliphatic heterocycles. The third-order valence-corrected chi connectivity index (χ3v) is 7.58. The zero-order valence-corrected chi connectivity index (χ0v) is 19.7. The van der Waals surface area contributed by atoms with E-state index in [1.54, 1.807) is 0 Å². The Morgan fingerprint density at radius 3 is 2.76 bits per heavy atom. The molecular weight excluding hydrogens is 414 g/mol. The first-order chi connectivity index (χ1) is 16.0. The van der Waals surface area contributed by atoms with Gasteiger partial charge in [0.05, 0.1) is 30.3 Å². The Hall–Kier alpha value is -2.54. The molecule has 0 unspecified atom stereocenters. The summed E-state index contributed by atoms with van der Waals surface area (Å²) < 4.78 is 0. The second-order valence-corrected chi connectivity index (χ2v) is 10.0. The van der Waals surface area contributed by atoms with E-state index in [9.17, 15) is 9.90 Å². The van der Waals surface area contributed by atoms with Crippen LogP contribution in [0.3, 0.4) is 0 Å². The van der Waals surface area contributed by atoms with E-state index in [2.05, 4.69) is 22.9 Å². The molecule has 33 heavy (non-hydrogen) atoms. The van der Waals surface area contributed by atoms with Gasteiger partial charge in [-0.15, -0.1) is 0 Å². The van der Waals surface area contributed by atoms with Gasteiger partial charge in [0.15, 0.2) is 5.82 Å². The highest BCUT2D eigenvalue weighted by atomic mass is 16.3. The van der Waals surface area contributed by atoms with Crippen molar-refractivity contribution in [1.82, 2.24) is 19.9 Å². The number of aliphatic hydroxyl groups is 1. The van der Waals surface area contributed by atoms with E-state index in [-0.39, 0.29) is 18.4 Å². The van der Waals surface area contributed by atoms with Crippen molar-refractivity contribution in [1.29, 1.82) is 0 Å². The normalized spacial score (nSPS) is 22.3. The van der Waals surface area contributed by atoms with Gasteiger partial charge in [0.1, 0.15) is 5.82 Å². The lowest BCUT2D eigenvalue weighted by atomic mass is 9.82. The number of amides is 1. The maximum atomic E-state index is 13.3. The van der Waals surface area contributed by atoms with Crippen LogP contribution < -0.4 is 4.90 Å². The molecule has 0 radical (unpaired) electrons. The van der Waals surface area contributed by atoms with Crippen LogP contribution in [0.5, 0.6) is 0 Å². The van der Waals surface area contributed by atoms with E-state index in [0.29, 0.717) is 0 Å². The largest absolute Gasteiger partial charge is 0.389 e. The third-order valence-electron chi connectivity index (χ3n) is 7.58. The van der Waals surface area contributed by atoms with E-state index in [4.69, 9.17) is 9.97 Å². The number of aromatic nitrogens is 3. The van der Waals surface area contributed by atoms with E-state index < -0.39 is 5.60 Å². The Kier molecular flexibility index (Phi) is 6.32. The standard InChI is InChI=1S/C26H35N5O2/c1-19-21-10-7-15-30(18-20-9-3-6-14-27-20)25(21)29-24(28-19)22-11-8-16-31(22)23(32)17-26(33)12-4-2-5-13-26/h3,6,9,14,22,33H,2,4-5,7-8,10-13,15-18H2,1H3/t22-/m1/s1. The lowest BCUT2D eigenvalue weighted by Crippen LogP contribution is -2.41. The summed E-state index contributed by atoms with van der Waals surface area (Å²) in [5.74, 6) is 1.80. The quantitative estimate of drug-likeness (QED) is 0.746. The number of pyridine rings is 1. The van der Waals surface area contributed by atoms with Gasteiger partial charge < -0.3 is 14.9 Å². The summed E-state index contributed by atoms with van der Waals surface area (Å²) in [6.45, 7) is 4.46. The molecule has 1 aliphatic carbocycles.